The molecule has 0 aromatic heterocycles. The van der Waals surface area contributed by atoms with Gasteiger partial charge in [-0.1, -0.05) is 12.1 Å². The van der Waals surface area contributed by atoms with Gasteiger partial charge < -0.3 is 15.5 Å². The van der Waals surface area contributed by atoms with Gasteiger partial charge in [-0.2, -0.15) is 0 Å². The fraction of sp³-hybridized carbons (Fsp3) is 0.533. The average molecular weight is 259 g/mol. The normalized spacial score (nSPS) is 26.8. The monoisotopic (exact) mass is 259 g/mol. The maximum Gasteiger partial charge on any atom is 0.222 e. The molecule has 1 aromatic rings. The molecule has 4 nitrogen and oxygen atoms in total. The fourth-order valence-corrected chi connectivity index (χ4v) is 3.31. The van der Waals surface area contributed by atoms with Crippen molar-refractivity contribution in [2.24, 2.45) is 5.73 Å². The van der Waals surface area contributed by atoms with E-state index >= 15 is 0 Å². The van der Waals surface area contributed by atoms with E-state index in [9.17, 15) is 4.79 Å². The van der Waals surface area contributed by atoms with Crippen molar-refractivity contribution in [3.05, 3.63) is 29.3 Å². The average Bonchev–Trinajstić information content (AvgIpc) is 2.76. The van der Waals surface area contributed by atoms with E-state index < -0.39 is 0 Å². The van der Waals surface area contributed by atoms with Gasteiger partial charge in [0.25, 0.3) is 0 Å². The lowest BCUT2D eigenvalue weighted by atomic mass is 9.90. The van der Waals surface area contributed by atoms with Gasteiger partial charge in [0.15, 0.2) is 0 Å². The summed E-state index contributed by atoms with van der Waals surface area (Å²) in [4.78, 5) is 16.0. The van der Waals surface area contributed by atoms with Crippen LogP contribution in [0.25, 0.3) is 0 Å². The molecular weight excluding hydrogens is 238 g/mol. The number of carbonyl (C=O) groups excluding carboxylic acids is 1. The smallest absolute Gasteiger partial charge is 0.222 e. The van der Waals surface area contributed by atoms with Crippen molar-refractivity contribution < 1.29 is 4.79 Å². The van der Waals surface area contributed by atoms with Gasteiger partial charge in [-0.15, -0.1) is 0 Å². The summed E-state index contributed by atoms with van der Waals surface area (Å²) in [6.45, 7) is 1.07. The van der Waals surface area contributed by atoms with E-state index in [0.29, 0.717) is 6.42 Å². The standard InChI is InChI=1S/C15H21N3O/c1-17-8-7-10-9-11(3-5-13(10)17)15-12(16)4-6-14(19)18(15)2/h3,5,9,12,15H,4,6-8,16H2,1-2H3. The van der Waals surface area contributed by atoms with E-state index in [1.54, 1.807) is 0 Å². The predicted octanol–water partition coefficient (Wildman–Crippen LogP) is 1.30. The molecule has 2 atom stereocenters. The summed E-state index contributed by atoms with van der Waals surface area (Å²) in [5, 5.41) is 0. The molecule has 102 valence electrons. The summed E-state index contributed by atoms with van der Waals surface area (Å²) in [7, 11) is 3.98. The number of nitrogens with zero attached hydrogens (tertiary/aromatic N) is 2. The molecule has 0 bridgehead atoms. The quantitative estimate of drug-likeness (QED) is 0.827. The number of piperidine rings is 1. The van der Waals surface area contributed by atoms with Gasteiger partial charge in [0, 0.05) is 38.8 Å². The van der Waals surface area contributed by atoms with Gasteiger partial charge in [-0.3, -0.25) is 4.79 Å². The van der Waals surface area contributed by atoms with E-state index in [1.165, 1.54) is 16.8 Å². The largest absolute Gasteiger partial charge is 0.374 e. The van der Waals surface area contributed by atoms with Crippen molar-refractivity contribution in [1.82, 2.24) is 4.90 Å². The first kappa shape index (κ1) is 12.5. The van der Waals surface area contributed by atoms with Crippen LogP contribution in [0.1, 0.15) is 30.0 Å². The number of rotatable bonds is 1. The van der Waals surface area contributed by atoms with Gasteiger partial charge in [-0.05, 0) is 30.0 Å². The number of nitrogens with two attached hydrogens (primary N) is 1. The molecule has 3 rings (SSSR count). The highest BCUT2D eigenvalue weighted by Gasteiger charge is 2.33. The zero-order valence-electron chi connectivity index (χ0n) is 11.6. The summed E-state index contributed by atoms with van der Waals surface area (Å²) >= 11 is 0. The van der Waals surface area contributed by atoms with E-state index in [2.05, 4.69) is 30.1 Å². The van der Waals surface area contributed by atoms with Gasteiger partial charge in [0.05, 0.1) is 6.04 Å². The van der Waals surface area contributed by atoms with Crippen molar-refractivity contribution in [2.45, 2.75) is 31.3 Å². The van der Waals surface area contributed by atoms with E-state index in [4.69, 9.17) is 5.73 Å². The Morgan fingerprint density at radius 1 is 1.26 bits per heavy atom. The van der Waals surface area contributed by atoms with Crippen LogP contribution in [-0.2, 0) is 11.2 Å². The molecule has 1 fully saturated rings. The fourth-order valence-electron chi connectivity index (χ4n) is 3.31. The minimum atomic E-state index is 0.0254. The molecule has 2 unspecified atom stereocenters. The number of fused-ring (bicyclic) bond motifs is 1. The summed E-state index contributed by atoms with van der Waals surface area (Å²) < 4.78 is 0. The van der Waals surface area contributed by atoms with Crippen LogP contribution >= 0.6 is 0 Å². The molecule has 2 aliphatic rings. The first-order valence-electron chi connectivity index (χ1n) is 6.93. The number of carbonyl (C=O) groups is 1. The second-order valence-corrected chi connectivity index (χ2v) is 5.71. The number of amides is 1. The molecule has 1 saturated heterocycles. The van der Waals surface area contributed by atoms with E-state index in [1.807, 2.05) is 11.9 Å². The lowest BCUT2D eigenvalue weighted by molar-refractivity contribution is -0.135. The number of benzene rings is 1. The van der Waals surface area contributed by atoms with Crippen LogP contribution in [-0.4, -0.2) is 37.5 Å². The SMILES string of the molecule is CN1CCc2cc(C3C(N)CCC(=O)N3C)ccc21. The van der Waals surface area contributed by atoms with Gasteiger partial charge in [0.1, 0.15) is 0 Å². The topological polar surface area (TPSA) is 49.6 Å². The van der Waals surface area contributed by atoms with Crippen LogP contribution in [0.2, 0.25) is 0 Å². The van der Waals surface area contributed by atoms with Crippen molar-refractivity contribution in [2.75, 3.05) is 25.5 Å². The Bertz CT molecular complexity index is 514. The van der Waals surface area contributed by atoms with Gasteiger partial charge in [0.2, 0.25) is 5.91 Å². The Hall–Kier alpha value is -1.55. The minimum Gasteiger partial charge on any atom is -0.374 e. The lowest BCUT2D eigenvalue weighted by Crippen LogP contribution is -2.46. The van der Waals surface area contributed by atoms with Crippen LogP contribution < -0.4 is 10.6 Å². The van der Waals surface area contributed by atoms with Crippen LogP contribution in [0, 0.1) is 0 Å². The lowest BCUT2D eigenvalue weighted by Gasteiger charge is -2.37. The molecule has 1 amide bonds. The third-order valence-corrected chi connectivity index (χ3v) is 4.48. The van der Waals surface area contributed by atoms with Crippen LogP contribution in [0.4, 0.5) is 5.69 Å². The predicted molar refractivity (Wildman–Crippen MR) is 76.1 cm³/mol. The Labute approximate surface area is 114 Å². The highest BCUT2D eigenvalue weighted by molar-refractivity contribution is 5.77. The first-order valence-corrected chi connectivity index (χ1v) is 6.93. The number of hydrogen-bond donors (Lipinski definition) is 1. The zero-order valence-corrected chi connectivity index (χ0v) is 11.6. The van der Waals surface area contributed by atoms with Crippen LogP contribution in [0.3, 0.4) is 0 Å². The Kier molecular flexibility index (Phi) is 2.97. The van der Waals surface area contributed by atoms with Crippen molar-refractivity contribution in [1.29, 1.82) is 0 Å². The molecule has 0 radical (unpaired) electrons. The molecule has 1 aromatic carbocycles. The number of likely N-dealkylation sites (tertiary alicyclic amines) is 1. The summed E-state index contributed by atoms with van der Waals surface area (Å²) in [6.07, 6.45) is 2.44. The highest BCUT2D eigenvalue weighted by atomic mass is 16.2. The first-order chi connectivity index (χ1) is 9.08. The summed E-state index contributed by atoms with van der Waals surface area (Å²) in [5.74, 6) is 0.198. The molecule has 2 N–H and O–H groups in total. The Balaban J connectivity index is 1.95. The molecule has 19 heavy (non-hydrogen) atoms. The second-order valence-electron chi connectivity index (χ2n) is 5.71. The summed E-state index contributed by atoms with van der Waals surface area (Å²) in [5.41, 5.74) is 10.1. The van der Waals surface area contributed by atoms with Crippen molar-refractivity contribution in [3.8, 4) is 0 Å². The third kappa shape index (κ3) is 2.00. The zero-order chi connectivity index (χ0) is 13.6. The Morgan fingerprint density at radius 3 is 2.84 bits per heavy atom. The Morgan fingerprint density at radius 2 is 2.05 bits per heavy atom. The summed E-state index contributed by atoms with van der Waals surface area (Å²) in [6, 6.07) is 6.59. The van der Waals surface area contributed by atoms with Crippen LogP contribution in [0.5, 0.6) is 0 Å². The number of likely N-dealkylation sites (N-methyl/N-ethyl adjacent to an activating group) is 2. The number of hydrogen-bond acceptors (Lipinski definition) is 3. The van der Waals surface area contributed by atoms with Crippen LogP contribution in [0.15, 0.2) is 18.2 Å². The molecule has 0 spiro atoms. The molecule has 4 heteroatoms. The van der Waals surface area contributed by atoms with Gasteiger partial charge in [-0.25, -0.2) is 0 Å². The minimum absolute atomic E-state index is 0.0254. The second kappa shape index (κ2) is 4.53. The highest BCUT2D eigenvalue weighted by Crippen LogP contribution is 2.34. The number of anilines is 1. The van der Waals surface area contributed by atoms with E-state index in [-0.39, 0.29) is 18.0 Å². The molecule has 0 aliphatic carbocycles. The van der Waals surface area contributed by atoms with Crippen molar-refractivity contribution in [3.63, 3.8) is 0 Å². The van der Waals surface area contributed by atoms with Crippen molar-refractivity contribution >= 4 is 11.6 Å². The van der Waals surface area contributed by atoms with Gasteiger partial charge >= 0.3 is 0 Å². The maximum absolute atomic E-state index is 11.9. The maximum atomic E-state index is 11.9. The van der Waals surface area contributed by atoms with E-state index in [0.717, 1.165) is 19.4 Å². The molecular formula is C15H21N3O. The molecule has 2 heterocycles. The third-order valence-electron chi connectivity index (χ3n) is 4.48. The molecule has 0 saturated carbocycles. The molecule has 2 aliphatic heterocycles.